The third kappa shape index (κ3) is 2.03. The number of aryl methyl sites for hydroxylation is 1. The van der Waals surface area contributed by atoms with Crippen LogP contribution in [0.1, 0.15) is 12.5 Å². The highest BCUT2D eigenvalue weighted by Crippen LogP contribution is 2.34. The molecule has 0 aromatic heterocycles. The van der Waals surface area contributed by atoms with Gasteiger partial charge in [0.2, 0.25) is 6.04 Å². The number of esters is 2. The largest absolute Gasteiger partial charge is 0.464 e. The van der Waals surface area contributed by atoms with Crippen molar-refractivity contribution < 1.29 is 19.1 Å². The van der Waals surface area contributed by atoms with Crippen molar-refractivity contribution in [2.45, 2.75) is 19.9 Å². The van der Waals surface area contributed by atoms with E-state index in [0.29, 0.717) is 11.4 Å². The Morgan fingerprint density at radius 2 is 2.22 bits per heavy atom. The molecular weight excluding hydrogens is 234 g/mol. The third-order valence-corrected chi connectivity index (χ3v) is 2.83. The quantitative estimate of drug-likeness (QED) is 0.449. The summed E-state index contributed by atoms with van der Waals surface area (Å²) in [6.07, 6.45) is 0. The molecule has 0 fully saturated rings. The summed E-state index contributed by atoms with van der Waals surface area (Å²) in [4.78, 5) is 25.1. The van der Waals surface area contributed by atoms with E-state index >= 15 is 0 Å². The number of hydrogen-bond donors (Lipinski definition) is 0. The lowest BCUT2D eigenvalue weighted by Gasteiger charge is -2.32. The highest BCUT2D eigenvalue weighted by Gasteiger charge is 2.39. The molecule has 0 saturated carbocycles. The number of carbonyl (C=O) groups is 2. The molecule has 0 bridgehead atoms. The molecule has 1 aliphatic rings. The predicted molar refractivity (Wildman–Crippen MR) is 65.6 cm³/mol. The molecule has 0 N–H and O–H groups in total. The molecule has 0 saturated heterocycles. The first-order chi connectivity index (χ1) is 8.54. The molecule has 0 aliphatic carbocycles. The van der Waals surface area contributed by atoms with E-state index in [9.17, 15) is 9.59 Å². The minimum absolute atomic E-state index is 0.233. The van der Waals surface area contributed by atoms with Gasteiger partial charge in [0.1, 0.15) is 0 Å². The van der Waals surface area contributed by atoms with Crippen LogP contribution < -0.4 is 9.64 Å². The summed E-state index contributed by atoms with van der Waals surface area (Å²) >= 11 is 0. The molecule has 96 valence electrons. The molecule has 5 heteroatoms. The second-order valence-corrected chi connectivity index (χ2v) is 4.16. The maximum Gasteiger partial charge on any atom is 0.346 e. The van der Waals surface area contributed by atoms with Gasteiger partial charge in [0.05, 0.1) is 12.3 Å². The number of rotatable bonds is 2. The first-order valence-corrected chi connectivity index (χ1v) is 5.76. The summed E-state index contributed by atoms with van der Waals surface area (Å²) in [5.41, 5.74) is 1.70. The SMILES string of the molecule is CCOC(=O)C1C(=O)Oc2cc(C)ccc2N1C. The van der Waals surface area contributed by atoms with Crippen LogP contribution in [0.2, 0.25) is 0 Å². The molecule has 1 aromatic carbocycles. The lowest BCUT2D eigenvalue weighted by molar-refractivity contribution is -0.152. The Hall–Kier alpha value is -2.04. The molecule has 1 aliphatic heterocycles. The van der Waals surface area contributed by atoms with E-state index in [1.165, 1.54) is 0 Å². The Morgan fingerprint density at radius 1 is 1.50 bits per heavy atom. The van der Waals surface area contributed by atoms with Crippen molar-refractivity contribution in [3.05, 3.63) is 23.8 Å². The average molecular weight is 249 g/mol. The topological polar surface area (TPSA) is 55.8 Å². The number of hydrogen-bond acceptors (Lipinski definition) is 5. The smallest absolute Gasteiger partial charge is 0.346 e. The molecule has 2 rings (SSSR count). The second kappa shape index (κ2) is 4.68. The molecule has 1 aromatic rings. The number of fused-ring (bicyclic) bond motifs is 1. The van der Waals surface area contributed by atoms with E-state index in [4.69, 9.17) is 9.47 Å². The van der Waals surface area contributed by atoms with Crippen LogP contribution in [0, 0.1) is 6.92 Å². The summed E-state index contributed by atoms with van der Waals surface area (Å²) < 4.78 is 10.1. The zero-order chi connectivity index (χ0) is 13.3. The molecule has 0 radical (unpaired) electrons. The van der Waals surface area contributed by atoms with Gasteiger partial charge in [0.25, 0.3) is 0 Å². The first kappa shape index (κ1) is 12.4. The van der Waals surface area contributed by atoms with Gasteiger partial charge in [-0.15, -0.1) is 0 Å². The fourth-order valence-electron chi connectivity index (χ4n) is 1.93. The first-order valence-electron chi connectivity index (χ1n) is 5.76. The fourth-order valence-corrected chi connectivity index (χ4v) is 1.93. The number of anilines is 1. The van der Waals surface area contributed by atoms with E-state index in [1.54, 1.807) is 24.9 Å². The minimum atomic E-state index is -1.03. The van der Waals surface area contributed by atoms with Crippen LogP contribution in [-0.4, -0.2) is 31.6 Å². The van der Waals surface area contributed by atoms with Crippen molar-refractivity contribution in [2.75, 3.05) is 18.6 Å². The van der Waals surface area contributed by atoms with Crippen LogP contribution in [0.5, 0.6) is 5.75 Å². The Bertz CT molecular complexity index is 498. The fraction of sp³-hybridized carbons (Fsp3) is 0.385. The van der Waals surface area contributed by atoms with Gasteiger partial charge in [-0.3, -0.25) is 0 Å². The van der Waals surface area contributed by atoms with Crippen molar-refractivity contribution in [2.24, 2.45) is 0 Å². The normalized spacial score (nSPS) is 18.1. The van der Waals surface area contributed by atoms with Crippen LogP contribution in [0.4, 0.5) is 5.69 Å². The van der Waals surface area contributed by atoms with Gasteiger partial charge in [-0.1, -0.05) is 6.07 Å². The highest BCUT2D eigenvalue weighted by molar-refractivity contribution is 6.05. The van der Waals surface area contributed by atoms with Gasteiger partial charge >= 0.3 is 11.9 Å². The molecule has 0 spiro atoms. The Balaban J connectivity index is 2.36. The summed E-state index contributed by atoms with van der Waals surface area (Å²) in [6, 6.07) is 4.46. The molecule has 5 nitrogen and oxygen atoms in total. The lowest BCUT2D eigenvalue weighted by atomic mass is 10.1. The number of benzene rings is 1. The van der Waals surface area contributed by atoms with Crippen molar-refractivity contribution in [3.8, 4) is 5.75 Å². The number of ether oxygens (including phenoxy) is 2. The third-order valence-electron chi connectivity index (χ3n) is 2.83. The Morgan fingerprint density at radius 3 is 2.89 bits per heavy atom. The summed E-state index contributed by atoms with van der Waals surface area (Å²) in [5.74, 6) is -0.715. The standard InChI is InChI=1S/C13H15NO4/c1-4-17-12(15)11-13(16)18-10-7-8(2)5-6-9(10)14(11)3/h5-7,11H,4H2,1-3H3. The molecule has 1 atom stereocenters. The lowest BCUT2D eigenvalue weighted by Crippen LogP contribution is -2.50. The number of carbonyl (C=O) groups excluding carboxylic acids is 2. The van der Waals surface area contributed by atoms with Crippen molar-refractivity contribution in [1.29, 1.82) is 0 Å². The minimum Gasteiger partial charge on any atom is -0.464 e. The van der Waals surface area contributed by atoms with Gasteiger partial charge in [0, 0.05) is 7.05 Å². The van der Waals surface area contributed by atoms with Gasteiger partial charge in [-0.05, 0) is 31.5 Å². The summed E-state index contributed by atoms with van der Waals surface area (Å²) in [6.45, 7) is 3.84. The maximum absolute atomic E-state index is 11.8. The zero-order valence-corrected chi connectivity index (χ0v) is 10.6. The average Bonchev–Trinajstić information content (AvgIpc) is 2.28. The van der Waals surface area contributed by atoms with Crippen molar-refractivity contribution in [3.63, 3.8) is 0 Å². The Kier molecular flexibility index (Phi) is 3.23. The van der Waals surface area contributed by atoms with Crippen molar-refractivity contribution in [1.82, 2.24) is 0 Å². The van der Waals surface area contributed by atoms with E-state index in [2.05, 4.69) is 0 Å². The maximum atomic E-state index is 11.8. The van der Waals surface area contributed by atoms with Gasteiger partial charge in [-0.2, -0.15) is 0 Å². The van der Waals surface area contributed by atoms with E-state index in [0.717, 1.165) is 5.56 Å². The number of likely N-dealkylation sites (N-methyl/N-ethyl adjacent to an activating group) is 1. The van der Waals surface area contributed by atoms with Crippen LogP contribution in [0.3, 0.4) is 0 Å². The van der Waals surface area contributed by atoms with Gasteiger partial charge < -0.3 is 14.4 Å². The van der Waals surface area contributed by atoms with E-state index < -0.39 is 18.0 Å². The van der Waals surface area contributed by atoms with Crippen LogP contribution >= 0.6 is 0 Å². The summed E-state index contributed by atoms with van der Waals surface area (Å²) in [5, 5.41) is 0. The molecule has 1 heterocycles. The monoisotopic (exact) mass is 249 g/mol. The van der Waals surface area contributed by atoms with Crippen LogP contribution in [-0.2, 0) is 14.3 Å². The van der Waals surface area contributed by atoms with E-state index in [1.807, 2.05) is 19.1 Å². The van der Waals surface area contributed by atoms with E-state index in [-0.39, 0.29) is 6.61 Å². The van der Waals surface area contributed by atoms with Crippen molar-refractivity contribution >= 4 is 17.6 Å². The predicted octanol–water partition coefficient (Wildman–Crippen LogP) is 1.28. The zero-order valence-electron chi connectivity index (χ0n) is 10.6. The second-order valence-electron chi connectivity index (χ2n) is 4.16. The Labute approximate surface area is 105 Å². The van der Waals surface area contributed by atoms with Crippen LogP contribution in [0.25, 0.3) is 0 Å². The highest BCUT2D eigenvalue weighted by atomic mass is 16.6. The molecular formula is C13H15NO4. The summed E-state index contributed by atoms with van der Waals surface area (Å²) in [7, 11) is 1.68. The van der Waals surface area contributed by atoms with Gasteiger partial charge in [0.15, 0.2) is 5.75 Å². The molecule has 1 unspecified atom stereocenters. The van der Waals surface area contributed by atoms with Gasteiger partial charge in [-0.25, -0.2) is 9.59 Å². The molecule has 0 amide bonds. The van der Waals surface area contributed by atoms with Crippen LogP contribution in [0.15, 0.2) is 18.2 Å². The number of nitrogens with zero attached hydrogens (tertiary/aromatic N) is 1. The molecule has 18 heavy (non-hydrogen) atoms.